The zero-order valence-electron chi connectivity index (χ0n) is 9.42. The lowest BCUT2D eigenvalue weighted by atomic mass is 10.2. The van der Waals surface area contributed by atoms with Crippen LogP contribution in [0.15, 0.2) is 30.5 Å². The molecule has 0 amide bonds. The van der Waals surface area contributed by atoms with Gasteiger partial charge in [-0.15, -0.1) is 0 Å². The van der Waals surface area contributed by atoms with Gasteiger partial charge in [-0.1, -0.05) is 12.1 Å². The van der Waals surface area contributed by atoms with E-state index >= 15 is 0 Å². The minimum Gasteiger partial charge on any atom is -0.507 e. The van der Waals surface area contributed by atoms with E-state index in [0.29, 0.717) is 23.8 Å². The van der Waals surface area contributed by atoms with Crippen LogP contribution in [-0.4, -0.2) is 22.2 Å². The zero-order chi connectivity index (χ0) is 12.3. The first kappa shape index (κ1) is 11.3. The average Bonchev–Trinajstić information content (AvgIpc) is 2.38. The number of methoxy groups -OCH3 is 1. The lowest BCUT2D eigenvalue weighted by molar-refractivity contribution is 0.392. The molecule has 17 heavy (non-hydrogen) atoms. The van der Waals surface area contributed by atoms with Crippen LogP contribution < -0.4 is 10.5 Å². The first-order chi connectivity index (χ1) is 8.26. The summed E-state index contributed by atoms with van der Waals surface area (Å²) in [4.78, 5) is 8.38. The highest BCUT2D eigenvalue weighted by Crippen LogP contribution is 2.27. The summed E-state index contributed by atoms with van der Waals surface area (Å²) in [6, 6.07) is 6.88. The van der Waals surface area contributed by atoms with Gasteiger partial charge in [-0.2, -0.15) is 4.98 Å². The quantitative estimate of drug-likeness (QED) is 0.832. The largest absolute Gasteiger partial charge is 0.507 e. The molecule has 0 radical (unpaired) electrons. The van der Waals surface area contributed by atoms with Crippen LogP contribution in [0.5, 0.6) is 11.6 Å². The van der Waals surface area contributed by atoms with E-state index < -0.39 is 0 Å². The Labute approximate surface area is 98.9 Å². The molecule has 2 rings (SSSR count). The molecule has 1 aromatic heterocycles. The summed E-state index contributed by atoms with van der Waals surface area (Å²) in [5, 5.41) is 9.71. The van der Waals surface area contributed by atoms with Crippen molar-refractivity contribution in [1.82, 2.24) is 9.97 Å². The van der Waals surface area contributed by atoms with Crippen LogP contribution in [-0.2, 0) is 6.54 Å². The second-order valence-electron chi connectivity index (χ2n) is 3.45. The second-order valence-corrected chi connectivity index (χ2v) is 3.45. The van der Waals surface area contributed by atoms with Crippen molar-refractivity contribution in [3.8, 4) is 23.0 Å². The molecule has 88 valence electrons. The van der Waals surface area contributed by atoms with Crippen molar-refractivity contribution < 1.29 is 9.84 Å². The SMILES string of the molecule is COc1nc(-c2ccccc2O)ncc1CN. The Morgan fingerprint density at radius 1 is 1.35 bits per heavy atom. The average molecular weight is 231 g/mol. The van der Waals surface area contributed by atoms with Crippen LogP contribution >= 0.6 is 0 Å². The number of nitrogens with two attached hydrogens (primary N) is 1. The van der Waals surface area contributed by atoms with Gasteiger partial charge in [0.25, 0.3) is 0 Å². The first-order valence-corrected chi connectivity index (χ1v) is 5.14. The Kier molecular flexibility index (Phi) is 3.20. The van der Waals surface area contributed by atoms with Gasteiger partial charge in [-0.3, -0.25) is 0 Å². The van der Waals surface area contributed by atoms with E-state index in [1.807, 2.05) is 6.07 Å². The molecule has 0 fully saturated rings. The number of aromatic hydroxyl groups is 1. The minimum atomic E-state index is 0.134. The van der Waals surface area contributed by atoms with Gasteiger partial charge >= 0.3 is 0 Å². The highest BCUT2D eigenvalue weighted by molar-refractivity contribution is 5.63. The molecule has 0 bridgehead atoms. The molecule has 0 saturated heterocycles. The maximum absolute atomic E-state index is 9.71. The van der Waals surface area contributed by atoms with Crippen LogP contribution in [0, 0.1) is 0 Å². The Balaban J connectivity index is 2.50. The monoisotopic (exact) mass is 231 g/mol. The lowest BCUT2D eigenvalue weighted by Gasteiger charge is -2.08. The van der Waals surface area contributed by atoms with Crippen LogP contribution in [0.25, 0.3) is 11.4 Å². The van der Waals surface area contributed by atoms with Crippen LogP contribution in [0.3, 0.4) is 0 Å². The molecule has 0 aliphatic heterocycles. The normalized spacial score (nSPS) is 10.2. The summed E-state index contributed by atoms with van der Waals surface area (Å²) in [6.07, 6.45) is 1.60. The molecular weight excluding hydrogens is 218 g/mol. The Morgan fingerprint density at radius 2 is 2.12 bits per heavy atom. The maximum atomic E-state index is 9.71. The molecular formula is C12H13N3O2. The predicted molar refractivity (Wildman–Crippen MR) is 63.6 cm³/mol. The molecule has 0 aliphatic carbocycles. The summed E-state index contributed by atoms with van der Waals surface area (Å²) in [5.74, 6) is 0.980. The van der Waals surface area contributed by atoms with E-state index in [1.165, 1.54) is 7.11 Å². The van der Waals surface area contributed by atoms with Gasteiger partial charge < -0.3 is 15.6 Å². The van der Waals surface area contributed by atoms with E-state index in [1.54, 1.807) is 24.4 Å². The van der Waals surface area contributed by atoms with Gasteiger partial charge in [0.2, 0.25) is 5.88 Å². The first-order valence-electron chi connectivity index (χ1n) is 5.14. The van der Waals surface area contributed by atoms with E-state index in [9.17, 15) is 5.11 Å². The Bertz CT molecular complexity index is 529. The summed E-state index contributed by atoms with van der Waals surface area (Å²) in [5.41, 5.74) is 6.83. The third-order valence-electron chi connectivity index (χ3n) is 2.38. The number of phenols is 1. The van der Waals surface area contributed by atoms with E-state index in [4.69, 9.17) is 10.5 Å². The highest BCUT2D eigenvalue weighted by atomic mass is 16.5. The number of nitrogens with zero attached hydrogens (tertiary/aromatic N) is 2. The van der Waals surface area contributed by atoms with Gasteiger partial charge in [-0.05, 0) is 12.1 Å². The van der Waals surface area contributed by atoms with Crippen molar-refractivity contribution in [3.63, 3.8) is 0 Å². The molecule has 0 atom stereocenters. The number of para-hydroxylation sites is 1. The summed E-state index contributed by atoms with van der Waals surface area (Å²) < 4.78 is 5.13. The van der Waals surface area contributed by atoms with Gasteiger partial charge in [0.05, 0.1) is 12.7 Å². The smallest absolute Gasteiger partial charge is 0.221 e. The lowest BCUT2D eigenvalue weighted by Crippen LogP contribution is -2.04. The van der Waals surface area contributed by atoms with Crippen molar-refractivity contribution in [2.45, 2.75) is 6.54 Å². The standard InChI is InChI=1S/C12H13N3O2/c1-17-12-8(6-13)7-14-11(15-12)9-4-2-3-5-10(9)16/h2-5,7,16H,6,13H2,1H3. The summed E-state index contributed by atoms with van der Waals surface area (Å²) in [6.45, 7) is 0.310. The fourth-order valence-corrected chi connectivity index (χ4v) is 1.50. The fourth-order valence-electron chi connectivity index (χ4n) is 1.50. The highest BCUT2D eigenvalue weighted by Gasteiger charge is 2.10. The molecule has 2 aromatic rings. The van der Waals surface area contributed by atoms with E-state index in [-0.39, 0.29) is 5.75 Å². The number of hydrogen-bond donors (Lipinski definition) is 2. The van der Waals surface area contributed by atoms with Crippen LogP contribution in [0.2, 0.25) is 0 Å². The van der Waals surface area contributed by atoms with Crippen LogP contribution in [0.1, 0.15) is 5.56 Å². The molecule has 1 heterocycles. The topological polar surface area (TPSA) is 81.3 Å². The summed E-state index contributed by atoms with van der Waals surface area (Å²) in [7, 11) is 1.52. The molecule has 0 spiro atoms. The second kappa shape index (κ2) is 4.80. The van der Waals surface area contributed by atoms with Gasteiger partial charge in [0, 0.05) is 18.3 Å². The molecule has 5 nitrogen and oxygen atoms in total. The third-order valence-corrected chi connectivity index (χ3v) is 2.38. The molecule has 3 N–H and O–H groups in total. The number of rotatable bonds is 3. The molecule has 0 unspecified atom stereocenters. The Morgan fingerprint density at radius 3 is 2.76 bits per heavy atom. The maximum Gasteiger partial charge on any atom is 0.221 e. The molecule has 1 aromatic carbocycles. The molecule has 0 aliphatic rings. The third kappa shape index (κ3) is 2.19. The minimum absolute atomic E-state index is 0.134. The Hall–Kier alpha value is -2.14. The number of benzene rings is 1. The van der Waals surface area contributed by atoms with Gasteiger partial charge in [0.1, 0.15) is 5.75 Å². The number of aromatic nitrogens is 2. The predicted octanol–water partition coefficient (Wildman–Crippen LogP) is 1.32. The number of hydrogen-bond acceptors (Lipinski definition) is 5. The van der Waals surface area contributed by atoms with Crippen molar-refractivity contribution in [2.75, 3.05) is 7.11 Å². The van der Waals surface area contributed by atoms with Crippen LogP contribution in [0.4, 0.5) is 0 Å². The van der Waals surface area contributed by atoms with Gasteiger partial charge in [-0.25, -0.2) is 4.98 Å². The molecule has 0 saturated carbocycles. The zero-order valence-corrected chi connectivity index (χ0v) is 9.42. The molecule has 5 heteroatoms. The fraction of sp³-hybridized carbons (Fsp3) is 0.167. The van der Waals surface area contributed by atoms with E-state index in [2.05, 4.69) is 9.97 Å². The van der Waals surface area contributed by atoms with Gasteiger partial charge in [0.15, 0.2) is 5.82 Å². The van der Waals surface area contributed by atoms with Crippen molar-refractivity contribution in [1.29, 1.82) is 0 Å². The summed E-state index contributed by atoms with van der Waals surface area (Å²) >= 11 is 0. The van der Waals surface area contributed by atoms with Crippen molar-refractivity contribution in [3.05, 3.63) is 36.0 Å². The van der Waals surface area contributed by atoms with Crippen molar-refractivity contribution >= 4 is 0 Å². The van der Waals surface area contributed by atoms with Crippen molar-refractivity contribution in [2.24, 2.45) is 5.73 Å². The van der Waals surface area contributed by atoms with E-state index in [0.717, 1.165) is 5.56 Å². The number of phenolic OH excluding ortho intramolecular Hbond substituents is 1. The number of ether oxygens (including phenoxy) is 1.